The van der Waals surface area contributed by atoms with E-state index < -0.39 is 30.5 Å². The van der Waals surface area contributed by atoms with Gasteiger partial charge >= 0.3 is 0 Å². The van der Waals surface area contributed by atoms with E-state index in [1.54, 1.807) is 6.92 Å². The van der Waals surface area contributed by atoms with Gasteiger partial charge in [-0.05, 0) is 13.0 Å². The molecule has 6 heteroatoms. The average molecular weight is 245 g/mol. The first-order chi connectivity index (χ1) is 8.04. The second kappa shape index (κ2) is 6.11. The first-order valence-electron chi connectivity index (χ1n) is 5.45. The van der Waals surface area contributed by atoms with Gasteiger partial charge in [0.05, 0.1) is 18.8 Å². The lowest BCUT2D eigenvalue weighted by atomic mass is 9.93. The number of aliphatic hydroxyl groups is 2. The Hall–Kier alpha value is -0.950. The number of rotatable bonds is 4. The molecule has 17 heavy (non-hydrogen) atoms. The van der Waals surface area contributed by atoms with Crippen LogP contribution in [0.1, 0.15) is 6.92 Å². The summed E-state index contributed by atoms with van der Waals surface area (Å²) in [6.07, 6.45) is -1.50. The molecule has 2 unspecified atom stereocenters. The van der Waals surface area contributed by atoms with E-state index in [0.29, 0.717) is 0 Å². The monoisotopic (exact) mass is 245 g/mol. The lowest BCUT2D eigenvalue weighted by Crippen LogP contribution is -2.63. The van der Waals surface area contributed by atoms with Crippen molar-refractivity contribution in [3.05, 3.63) is 12.7 Å². The highest BCUT2D eigenvalue weighted by Gasteiger charge is 2.43. The Morgan fingerprint density at radius 2 is 2.29 bits per heavy atom. The third-order valence-corrected chi connectivity index (χ3v) is 2.91. The van der Waals surface area contributed by atoms with Gasteiger partial charge in [-0.2, -0.15) is 0 Å². The number of nitrogens with one attached hydrogen (secondary N) is 1. The molecule has 0 radical (unpaired) electrons. The molecule has 1 aliphatic heterocycles. The van der Waals surface area contributed by atoms with E-state index in [0.717, 1.165) is 6.08 Å². The van der Waals surface area contributed by atoms with Gasteiger partial charge in [-0.25, -0.2) is 0 Å². The second-order valence-corrected chi connectivity index (χ2v) is 3.99. The van der Waals surface area contributed by atoms with E-state index in [1.807, 2.05) is 0 Å². The number of hydrogen-bond acceptors (Lipinski definition) is 5. The SMILES string of the molecule is C=CC(=O)N[C@@H]1[C@H](C)OC(CO)C(OC)[C@@H]1O. The fourth-order valence-corrected chi connectivity index (χ4v) is 2.00. The van der Waals surface area contributed by atoms with Crippen LogP contribution in [0.3, 0.4) is 0 Å². The van der Waals surface area contributed by atoms with Gasteiger partial charge in [0.25, 0.3) is 0 Å². The fourth-order valence-electron chi connectivity index (χ4n) is 2.00. The zero-order chi connectivity index (χ0) is 13.0. The molecule has 0 aromatic rings. The summed E-state index contributed by atoms with van der Waals surface area (Å²) in [5, 5.41) is 21.8. The Morgan fingerprint density at radius 1 is 1.65 bits per heavy atom. The zero-order valence-corrected chi connectivity index (χ0v) is 10.00. The van der Waals surface area contributed by atoms with Crippen LogP contribution in [0, 0.1) is 0 Å². The number of carbonyl (C=O) groups is 1. The molecule has 1 heterocycles. The molecular formula is C11H19NO5. The number of aliphatic hydroxyl groups excluding tert-OH is 2. The summed E-state index contributed by atoms with van der Waals surface area (Å²) in [6, 6.07) is -0.590. The minimum Gasteiger partial charge on any atom is -0.394 e. The summed E-state index contributed by atoms with van der Waals surface area (Å²) in [6.45, 7) is 4.81. The van der Waals surface area contributed by atoms with Crippen LogP contribution >= 0.6 is 0 Å². The van der Waals surface area contributed by atoms with E-state index in [1.165, 1.54) is 7.11 Å². The molecule has 0 spiro atoms. The molecule has 1 amide bonds. The van der Waals surface area contributed by atoms with Crippen LogP contribution in [-0.2, 0) is 14.3 Å². The predicted molar refractivity (Wildman–Crippen MR) is 60.4 cm³/mol. The maximum Gasteiger partial charge on any atom is 0.243 e. The third-order valence-electron chi connectivity index (χ3n) is 2.91. The Balaban J connectivity index is 2.77. The molecule has 5 atom stereocenters. The lowest BCUT2D eigenvalue weighted by Gasteiger charge is -2.42. The van der Waals surface area contributed by atoms with Crippen molar-refractivity contribution in [3.8, 4) is 0 Å². The van der Waals surface area contributed by atoms with Crippen LogP contribution in [0.15, 0.2) is 12.7 Å². The van der Waals surface area contributed by atoms with Crippen LogP contribution in [0.2, 0.25) is 0 Å². The maximum atomic E-state index is 11.2. The number of carbonyl (C=O) groups excluding carboxylic acids is 1. The van der Waals surface area contributed by atoms with Crippen LogP contribution in [0.5, 0.6) is 0 Å². The van der Waals surface area contributed by atoms with Gasteiger partial charge < -0.3 is 25.0 Å². The molecule has 0 bridgehead atoms. The second-order valence-electron chi connectivity index (χ2n) is 3.99. The fraction of sp³-hybridized carbons (Fsp3) is 0.727. The molecular weight excluding hydrogens is 226 g/mol. The number of hydrogen-bond donors (Lipinski definition) is 3. The Labute approximate surface area is 100 Å². The first-order valence-corrected chi connectivity index (χ1v) is 5.45. The topological polar surface area (TPSA) is 88.0 Å². The van der Waals surface area contributed by atoms with Gasteiger partial charge in [0, 0.05) is 7.11 Å². The quantitative estimate of drug-likeness (QED) is 0.542. The van der Waals surface area contributed by atoms with Gasteiger partial charge in [0.15, 0.2) is 0 Å². The number of amides is 1. The first kappa shape index (κ1) is 14.1. The molecule has 0 saturated carbocycles. The molecule has 0 aliphatic carbocycles. The molecule has 1 aliphatic rings. The summed E-state index contributed by atoms with van der Waals surface area (Å²) in [7, 11) is 1.42. The highest BCUT2D eigenvalue weighted by atomic mass is 16.6. The molecule has 1 saturated heterocycles. The third kappa shape index (κ3) is 3.04. The number of ether oxygens (including phenoxy) is 2. The molecule has 1 rings (SSSR count). The standard InChI is InChI=1S/C11H19NO5/c1-4-8(14)12-9-6(2)17-7(5-13)11(16-3)10(9)15/h4,6-7,9-11,13,15H,1,5H2,2-3H3,(H,12,14)/t6-,7?,9+,10+,11?/m0/s1. The van der Waals surface area contributed by atoms with Gasteiger partial charge in [0.2, 0.25) is 5.91 Å². The van der Waals surface area contributed by atoms with Gasteiger partial charge in [-0.1, -0.05) is 6.58 Å². The Morgan fingerprint density at radius 3 is 2.76 bits per heavy atom. The predicted octanol–water partition coefficient (Wildman–Crippen LogP) is -1.19. The minimum atomic E-state index is -0.940. The van der Waals surface area contributed by atoms with Crippen molar-refractivity contribution < 1.29 is 24.5 Å². The zero-order valence-electron chi connectivity index (χ0n) is 10.00. The van der Waals surface area contributed by atoms with Crippen LogP contribution < -0.4 is 5.32 Å². The van der Waals surface area contributed by atoms with Gasteiger partial charge in [0.1, 0.15) is 18.3 Å². The van der Waals surface area contributed by atoms with Crippen molar-refractivity contribution in [1.29, 1.82) is 0 Å². The minimum absolute atomic E-state index is 0.248. The summed E-state index contributed by atoms with van der Waals surface area (Å²) in [5.74, 6) is -0.387. The molecule has 0 aromatic carbocycles. The van der Waals surface area contributed by atoms with E-state index in [9.17, 15) is 9.90 Å². The van der Waals surface area contributed by atoms with E-state index in [4.69, 9.17) is 14.6 Å². The molecule has 98 valence electrons. The number of methoxy groups -OCH3 is 1. The summed E-state index contributed by atoms with van der Waals surface area (Å²) in [4.78, 5) is 11.2. The molecule has 6 nitrogen and oxygen atoms in total. The summed E-state index contributed by atoms with van der Waals surface area (Å²) < 4.78 is 10.6. The average Bonchev–Trinajstić information content (AvgIpc) is 2.33. The van der Waals surface area contributed by atoms with Crippen molar-refractivity contribution in [2.75, 3.05) is 13.7 Å². The smallest absolute Gasteiger partial charge is 0.243 e. The summed E-state index contributed by atoms with van der Waals surface area (Å²) in [5.41, 5.74) is 0. The van der Waals surface area contributed by atoms with Crippen LogP contribution in [0.25, 0.3) is 0 Å². The molecule has 1 fully saturated rings. The van der Waals surface area contributed by atoms with E-state index in [-0.39, 0.29) is 12.5 Å². The van der Waals surface area contributed by atoms with Crippen molar-refractivity contribution >= 4 is 5.91 Å². The summed E-state index contributed by atoms with van der Waals surface area (Å²) >= 11 is 0. The van der Waals surface area contributed by atoms with Gasteiger partial charge in [-0.3, -0.25) is 4.79 Å². The normalized spacial score (nSPS) is 37.5. The highest BCUT2D eigenvalue weighted by molar-refractivity contribution is 5.87. The van der Waals surface area contributed by atoms with Crippen molar-refractivity contribution in [2.45, 2.75) is 37.4 Å². The Kier molecular flexibility index (Phi) is 5.07. The van der Waals surface area contributed by atoms with Crippen LogP contribution in [0.4, 0.5) is 0 Å². The molecule has 3 N–H and O–H groups in total. The Bertz CT molecular complexity index is 283. The van der Waals surface area contributed by atoms with Crippen LogP contribution in [-0.4, -0.2) is 60.3 Å². The molecule has 0 aromatic heterocycles. The van der Waals surface area contributed by atoms with Crippen molar-refractivity contribution in [2.24, 2.45) is 0 Å². The maximum absolute atomic E-state index is 11.2. The van der Waals surface area contributed by atoms with E-state index >= 15 is 0 Å². The van der Waals surface area contributed by atoms with Crippen molar-refractivity contribution in [3.63, 3.8) is 0 Å². The largest absolute Gasteiger partial charge is 0.394 e. The lowest BCUT2D eigenvalue weighted by molar-refractivity contribution is -0.199. The highest BCUT2D eigenvalue weighted by Crippen LogP contribution is 2.22. The van der Waals surface area contributed by atoms with Gasteiger partial charge in [-0.15, -0.1) is 0 Å². The van der Waals surface area contributed by atoms with Crippen molar-refractivity contribution in [1.82, 2.24) is 5.32 Å². The van der Waals surface area contributed by atoms with E-state index in [2.05, 4.69) is 11.9 Å².